The monoisotopic (exact) mass is 132 g/mol. The van der Waals surface area contributed by atoms with Crippen LogP contribution in [-0.2, 0) is 0 Å². The average Bonchev–Trinajstić information content (AvgIpc) is 2.14. The molecule has 1 radical (unpaired) electrons. The predicted molar refractivity (Wildman–Crippen MR) is 28.4 cm³/mol. The lowest BCUT2D eigenvalue weighted by Crippen LogP contribution is -1.86. The van der Waals surface area contributed by atoms with Gasteiger partial charge in [-0.2, -0.15) is 0 Å². The van der Waals surface area contributed by atoms with E-state index in [0.717, 1.165) is 0 Å². The van der Waals surface area contributed by atoms with Crippen molar-refractivity contribution in [3.63, 3.8) is 0 Å². The second-order valence-corrected chi connectivity index (χ2v) is 2.91. The van der Waals surface area contributed by atoms with E-state index in [1.807, 2.05) is 0 Å². The second kappa shape index (κ2) is 2.09. The van der Waals surface area contributed by atoms with Crippen LogP contribution < -0.4 is 4.67 Å². The van der Waals surface area contributed by atoms with E-state index < -0.39 is 0 Å². The van der Waals surface area contributed by atoms with E-state index in [2.05, 4.69) is 11.2 Å². The van der Waals surface area contributed by atoms with Gasteiger partial charge in [-0.15, -0.1) is 0 Å². The Morgan fingerprint density at radius 2 is 2.71 bits per heavy atom. The molecule has 0 fully saturated rings. The molecule has 2 nitrogen and oxygen atoms in total. The molecule has 1 aromatic heterocycles. The number of nitrogens with zero attached hydrogens (tertiary/aromatic N) is 1. The molecule has 0 saturated heterocycles. The third kappa shape index (κ3) is 1.01. The molecule has 0 saturated carbocycles. The van der Waals surface area contributed by atoms with E-state index in [0.29, 0.717) is 4.67 Å². The summed E-state index contributed by atoms with van der Waals surface area (Å²) in [5.74, 6) is 0. The first-order valence-corrected chi connectivity index (χ1v) is 3.78. The molecule has 0 aliphatic carbocycles. The molecule has 37 valence electrons. The van der Waals surface area contributed by atoms with E-state index in [9.17, 15) is 0 Å². The fraction of sp³-hybridized carbons (Fsp3) is 0. The Kier molecular flexibility index (Phi) is 1.43. The lowest BCUT2D eigenvalue weighted by atomic mass is 10.8. The summed E-state index contributed by atoms with van der Waals surface area (Å²) in [4.78, 5) is 0. The van der Waals surface area contributed by atoms with Gasteiger partial charge in [0.25, 0.3) is 0 Å². The Labute approximate surface area is 47.7 Å². The van der Waals surface area contributed by atoms with Crippen LogP contribution in [0.15, 0.2) is 10.5 Å². The van der Waals surface area contributed by atoms with Crippen LogP contribution in [0.25, 0.3) is 0 Å². The molecule has 0 aliphatic heterocycles. The number of rotatable bonds is 0. The van der Waals surface area contributed by atoms with Crippen LogP contribution in [-0.4, -0.2) is 5.21 Å². The van der Waals surface area contributed by atoms with E-state index >= 15 is 0 Å². The van der Waals surface area contributed by atoms with E-state index in [4.69, 9.17) is 5.21 Å². The fourth-order valence-electron chi connectivity index (χ4n) is 0.214. The molecule has 1 rings (SSSR count). The molecule has 0 unspecified atom stereocenters. The van der Waals surface area contributed by atoms with Crippen LogP contribution >= 0.6 is 20.7 Å². The highest BCUT2D eigenvalue weighted by Crippen LogP contribution is 1.95. The average molecular weight is 132 g/mol. The summed E-state index contributed by atoms with van der Waals surface area (Å²) in [6.45, 7) is 0. The smallest absolute Gasteiger partial charge is 0.174 e. The van der Waals surface area contributed by atoms with Crippen LogP contribution in [0.2, 0.25) is 0 Å². The summed E-state index contributed by atoms with van der Waals surface area (Å²) in [6, 6.07) is 2.71. The highest BCUT2D eigenvalue weighted by atomic mass is 32.9. The minimum absolute atomic E-state index is 0.546. The van der Waals surface area contributed by atoms with Gasteiger partial charge in [-0.05, 0) is 0 Å². The number of hydrogen-bond donors (Lipinski definition) is 1. The first kappa shape index (κ1) is 4.80. The van der Waals surface area contributed by atoms with Crippen molar-refractivity contribution in [2.24, 2.45) is 5.16 Å². The van der Waals surface area contributed by atoms with Crippen molar-refractivity contribution in [2.75, 3.05) is 0 Å². The molecule has 0 aromatic carbocycles. The van der Waals surface area contributed by atoms with Gasteiger partial charge in [-0.25, -0.2) is 0 Å². The van der Waals surface area contributed by atoms with Gasteiger partial charge in [0.05, 0.1) is 0 Å². The molecule has 7 heavy (non-hydrogen) atoms. The van der Waals surface area contributed by atoms with Gasteiger partial charge in [-0.1, -0.05) is 25.8 Å². The van der Waals surface area contributed by atoms with Crippen molar-refractivity contribution in [1.82, 2.24) is 0 Å². The zero-order chi connectivity index (χ0) is 5.11. The first-order valence-electron chi connectivity index (χ1n) is 1.57. The molecule has 1 N–H and O–H groups in total. The summed E-state index contributed by atoms with van der Waals surface area (Å²) in [7, 11) is 2.89. The molecular weight excluding hydrogens is 130 g/mol. The Hall–Kier alpha value is -0.350. The molecule has 0 bridgehead atoms. The third-order valence-electron chi connectivity index (χ3n) is 0.448. The normalized spacial score (nSPS) is 12.3. The fourth-order valence-corrected chi connectivity index (χ4v) is 1.53. The van der Waals surface area contributed by atoms with Crippen LogP contribution in [0.4, 0.5) is 0 Å². The molecule has 0 spiro atoms. The molecule has 1 heterocycles. The summed E-state index contributed by atoms with van der Waals surface area (Å²) in [6.07, 6.45) is 0. The van der Waals surface area contributed by atoms with Crippen molar-refractivity contribution in [3.8, 4) is 0 Å². The maximum absolute atomic E-state index is 8.04. The van der Waals surface area contributed by atoms with Crippen LogP contribution in [0.5, 0.6) is 0 Å². The maximum atomic E-state index is 8.04. The Morgan fingerprint density at radius 1 is 1.86 bits per heavy atom. The highest BCUT2D eigenvalue weighted by molar-refractivity contribution is 7.67. The maximum Gasteiger partial charge on any atom is 0.174 e. The van der Waals surface area contributed by atoms with Crippen LogP contribution in [0, 0.1) is 6.07 Å². The number of hydrogen-bond acceptors (Lipinski definition) is 4. The molecule has 4 heteroatoms. The van der Waals surface area contributed by atoms with Crippen molar-refractivity contribution in [2.45, 2.75) is 0 Å². The van der Waals surface area contributed by atoms with Gasteiger partial charge in [0.2, 0.25) is 0 Å². The third-order valence-corrected chi connectivity index (χ3v) is 2.17. The van der Waals surface area contributed by atoms with E-state index in [1.54, 1.807) is 5.38 Å². The molecule has 0 atom stereocenters. The minimum Gasteiger partial charge on any atom is -0.410 e. The molecule has 1 aromatic rings. The van der Waals surface area contributed by atoms with Gasteiger partial charge in [0.15, 0.2) is 4.67 Å². The molecule has 0 aliphatic rings. The summed E-state index contributed by atoms with van der Waals surface area (Å²) in [5.41, 5.74) is 0. The summed E-state index contributed by atoms with van der Waals surface area (Å²) < 4.78 is 0.546. The summed E-state index contributed by atoms with van der Waals surface area (Å²) >= 11 is 0. The lowest BCUT2D eigenvalue weighted by molar-refractivity contribution is 0.304. The Morgan fingerprint density at radius 3 is 3.00 bits per heavy atom. The topological polar surface area (TPSA) is 32.6 Å². The van der Waals surface area contributed by atoms with Gasteiger partial charge < -0.3 is 5.21 Å². The zero-order valence-electron chi connectivity index (χ0n) is 3.29. The van der Waals surface area contributed by atoms with Gasteiger partial charge in [0.1, 0.15) is 0 Å². The Bertz CT molecular complexity index is 172. The van der Waals surface area contributed by atoms with Gasteiger partial charge >= 0.3 is 0 Å². The Balaban J connectivity index is 3.22. The standard InChI is InChI=1S/C3H2NOS2/c5-4-3-1-2-6-7-3/h2,5H/b4-3+. The first-order chi connectivity index (χ1) is 3.43. The van der Waals surface area contributed by atoms with Crippen LogP contribution in [0.1, 0.15) is 0 Å². The van der Waals surface area contributed by atoms with Crippen molar-refractivity contribution in [1.29, 1.82) is 0 Å². The van der Waals surface area contributed by atoms with E-state index in [-0.39, 0.29) is 0 Å². The lowest BCUT2D eigenvalue weighted by Gasteiger charge is -1.59. The molecular formula is C3H2NOS2. The zero-order valence-corrected chi connectivity index (χ0v) is 4.92. The van der Waals surface area contributed by atoms with E-state index in [1.165, 1.54) is 20.7 Å². The van der Waals surface area contributed by atoms with Gasteiger partial charge in [-0.3, -0.25) is 0 Å². The predicted octanol–water partition coefficient (Wildman–Crippen LogP) is 0.900. The SMILES string of the molecule is O/N=c1\[c]css1. The molecule has 0 amide bonds. The van der Waals surface area contributed by atoms with Crippen molar-refractivity contribution < 1.29 is 5.21 Å². The summed E-state index contributed by atoms with van der Waals surface area (Å²) in [5, 5.41) is 12.7. The minimum atomic E-state index is 0.546. The quantitative estimate of drug-likeness (QED) is 0.317. The largest absolute Gasteiger partial charge is 0.410 e. The van der Waals surface area contributed by atoms with Crippen molar-refractivity contribution >= 4 is 20.7 Å². The highest BCUT2D eigenvalue weighted by Gasteiger charge is 1.76. The van der Waals surface area contributed by atoms with Crippen LogP contribution in [0.3, 0.4) is 0 Å². The van der Waals surface area contributed by atoms with Crippen molar-refractivity contribution in [3.05, 3.63) is 16.1 Å². The second-order valence-electron chi connectivity index (χ2n) is 0.847. The van der Waals surface area contributed by atoms with Gasteiger partial charge in [0, 0.05) is 11.4 Å².